The Kier molecular flexibility index (Phi) is 4.62. The summed E-state index contributed by atoms with van der Waals surface area (Å²) in [5.74, 6) is 0.308. The minimum atomic E-state index is -0.760. The van der Waals surface area contributed by atoms with Crippen molar-refractivity contribution >= 4 is 23.5 Å². The molecular weight excluding hydrogens is 320 g/mol. The number of aliphatic carboxylic acids is 1. The summed E-state index contributed by atoms with van der Waals surface area (Å²) in [4.78, 5) is 25.9. The summed E-state index contributed by atoms with van der Waals surface area (Å²) in [6.07, 6.45) is 5.07. The molecule has 1 aromatic heterocycles. The van der Waals surface area contributed by atoms with Crippen LogP contribution in [0.2, 0.25) is 5.15 Å². The lowest BCUT2D eigenvalue weighted by Crippen LogP contribution is -2.50. The van der Waals surface area contributed by atoms with E-state index in [1.165, 1.54) is 0 Å². The number of carbonyl (C=O) groups is 2. The number of halogens is 1. The van der Waals surface area contributed by atoms with E-state index < -0.39 is 11.4 Å². The van der Waals surface area contributed by atoms with E-state index >= 15 is 0 Å². The molecule has 2 heterocycles. The van der Waals surface area contributed by atoms with Crippen molar-refractivity contribution in [3.63, 3.8) is 0 Å². The monoisotopic (exact) mass is 340 g/mol. The van der Waals surface area contributed by atoms with Crippen molar-refractivity contribution in [2.75, 3.05) is 13.1 Å². The summed E-state index contributed by atoms with van der Waals surface area (Å²) in [6, 6.07) is 1.60. The number of aromatic nitrogens is 1. The van der Waals surface area contributed by atoms with Crippen LogP contribution in [0.4, 0.5) is 0 Å². The third kappa shape index (κ3) is 3.86. The zero-order chi connectivity index (χ0) is 16.4. The second-order valence-electron chi connectivity index (χ2n) is 6.77. The minimum absolute atomic E-state index is 0.0290. The Hall–Kier alpha value is -1.56. The van der Waals surface area contributed by atoms with E-state index in [2.05, 4.69) is 5.16 Å². The van der Waals surface area contributed by atoms with Gasteiger partial charge in [0.05, 0.1) is 5.41 Å². The first-order valence-corrected chi connectivity index (χ1v) is 8.49. The molecule has 126 valence electrons. The molecule has 3 rings (SSSR count). The lowest BCUT2D eigenvalue weighted by molar-refractivity contribution is -0.156. The number of piperidine rings is 1. The molecular formula is C16H21ClN2O4. The highest BCUT2D eigenvalue weighted by Gasteiger charge is 2.46. The summed E-state index contributed by atoms with van der Waals surface area (Å²) in [7, 11) is 0. The van der Waals surface area contributed by atoms with E-state index in [0.717, 1.165) is 19.3 Å². The number of likely N-dealkylation sites (tertiary alicyclic amines) is 1. The van der Waals surface area contributed by atoms with Crippen LogP contribution in [0.25, 0.3) is 0 Å². The standard InChI is InChI=1S/C16H21ClN2O4/c17-13-8-12(23-18-13)4-5-14(20)19-7-1-6-16(10-19,15(21)22)9-11-2-3-11/h8,11H,1-7,9-10H2,(H,21,22). The number of hydrogen-bond donors (Lipinski definition) is 1. The van der Waals surface area contributed by atoms with Crippen molar-refractivity contribution in [2.45, 2.75) is 44.9 Å². The van der Waals surface area contributed by atoms with Gasteiger partial charge in [-0.25, -0.2) is 0 Å². The van der Waals surface area contributed by atoms with Gasteiger partial charge in [0.1, 0.15) is 5.76 Å². The summed E-state index contributed by atoms with van der Waals surface area (Å²) >= 11 is 5.69. The van der Waals surface area contributed by atoms with E-state index in [0.29, 0.717) is 44.0 Å². The van der Waals surface area contributed by atoms with E-state index in [9.17, 15) is 14.7 Å². The Bertz CT molecular complexity index is 599. The van der Waals surface area contributed by atoms with Crippen molar-refractivity contribution in [1.29, 1.82) is 0 Å². The van der Waals surface area contributed by atoms with Crippen molar-refractivity contribution in [3.8, 4) is 0 Å². The van der Waals surface area contributed by atoms with Crippen LogP contribution in [-0.2, 0) is 16.0 Å². The van der Waals surface area contributed by atoms with Crippen molar-refractivity contribution in [2.24, 2.45) is 11.3 Å². The van der Waals surface area contributed by atoms with Gasteiger partial charge in [-0.1, -0.05) is 29.6 Å². The number of carboxylic acids is 1. The number of rotatable bonds is 6. The van der Waals surface area contributed by atoms with Gasteiger partial charge in [-0.15, -0.1) is 0 Å². The molecule has 1 amide bonds. The second kappa shape index (κ2) is 6.51. The van der Waals surface area contributed by atoms with E-state index in [1.54, 1.807) is 11.0 Å². The molecule has 23 heavy (non-hydrogen) atoms. The fourth-order valence-corrected chi connectivity index (χ4v) is 3.60. The maximum absolute atomic E-state index is 12.4. The predicted molar refractivity (Wildman–Crippen MR) is 83.1 cm³/mol. The molecule has 1 atom stereocenters. The number of aryl methyl sites for hydroxylation is 1. The summed E-state index contributed by atoms with van der Waals surface area (Å²) in [5.41, 5.74) is -0.759. The van der Waals surface area contributed by atoms with Gasteiger partial charge in [0.25, 0.3) is 0 Å². The quantitative estimate of drug-likeness (QED) is 0.860. The highest BCUT2D eigenvalue weighted by atomic mass is 35.5. The molecule has 1 saturated heterocycles. The summed E-state index contributed by atoms with van der Waals surface area (Å²) in [5, 5.41) is 13.6. The molecule has 1 aliphatic heterocycles. The second-order valence-corrected chi connectivity index (χ2v) is 7.16. The first-order chi connectivity index (χ1) is 11.0. The van der Waals surface area contributed by atoms with Gasteiger partial charge >= 0.3 is 5.97 Å². The largest absolute Gasteiger partial charge is 0.481 e. The SMILES string of the molecule is O=C(CCc1cc(Cl)no1)N1CCCC(CC2CC2)(C(=O)O)C1. The molecule has 0 radical (unpaired) electrons. The first kappa shape index (κ1) is 16.3. The Morgan fingerprint density at radius 1 is 1.48 bits per heavy atom. The normalized spacial score (nSPS) is 24.7. The van der Waals surface area contributed by atoms with Crippen molar-refractivity contribution in [1.82, 2.24) is 10.1 Å². The van der Waals surface area contributed by atoms with Crippen LogP contribution in [0, 0.1) is 11.3 Å². The zero-order valence-electron chi connectivity index (χ0n) is 13.0. The van der Waals surface area contributed by atoms with Crippen LogP contribution in [0.3, 0.4) is 0 Å². The van der Waals surface area contributed by atoms with Gasteiger partial charge in [0, 0.05) is 32.0 Å². The average Bonchev–Trinajstić information content (AvgIpc) is 3.24. The Morgan fingerprint density at radius 2 is 2.26 bits per heavy atom. The van der Waals surface area contributed by atoms with E-state index in [-0.39, 0.29) is 17.5 Å². The molecule has 1 saturated carbocycles. The number of nitrogens with zero attached hydrogens (tertiary/aromatic N) is 2. The number of carbonyl (C=O) groups excluding carboxylic acids is 1. The maximum Gasteiger partial charge on any atom is 0.311 e. The maximum atomic E-state index is 12.4. The van der Waals surface area contributed by atoms with Gasteiger partial charge in [0.2, 0.25) is 5.91 Å². The van der Waals surface area contributed by atoms with Gasteiger partial charge in [-0.3, -0.25) is 9.59 Å². The van der Waals surface area contributed by atoms with Crippen molar-refractivity contribution in [3.05, 3.63) is 17.0 Å². The predicted octanol–water partition coefficient (Wildman–Crippen LogP) is 2.75. The number of amides is 1. The smallest absolute Gasteiger partial charge is 0.311 e. The molecule has 0 aromatic carbocycles. The first-order valence-electron chi connectivity index (χ1n) is 8.11. The number of carboxylic acid groups (broad SMARTS) is 1. The van der Waals surface area contributed by atoms with Gasteiger partial charge in [0.15, 0.2) is 5.15 Å². The molecule has 1 aromatic rings. The molecule has 0 bridgehead atoms. The van der Waals surface area contributed by atoms with Gasteiger partial charge in [-0.2, -0.15) is 0 Å². The van der Waals surface area contributed by atoms with Crippen LogP contribution in [-0.4, -0.2) is 40.1 Å². The van der Waals surface area contributed by atoms with Crippen LogP contribution >= 0.6 is 11.6 Å². The molecule has 2 aliphatic rings. The zero-order valence-corrected chi connectivity index (χ0v) is 13.7. The van der Waals surface area contributed by atoms with E-state index in [1.807, 2.05) is 0 Å². The molecule has 1 aliphatic carbocycles. The van der Waals surface area contributed by atoms with Crippen LogP contribution < -0.4 is 0 Å². The minimum Gasteiger partial charge on any atom is -0.481 e. The van der Waals surface area contributed by atoms with Crippen LogP contribution in [0.15, 0.2) is 10.6 Å². The summed E-state index contributed by atoms with van der Waals surface area (Å²) in [6.45, 7) is 0.963. The summed E-state index contributed by atoms with van der Waals surface area (Å²) < 4.78 is 5.00. The Morgan fingerprint density at radius 3 is 2.87 bits per heavy atom. The van der Waals surface area contributed by atoms with Crippen LogP contribution in [0.5, 0.6) is 0 Å². The molecule has 0 spiro atoms. The molecule has 6 nitrogen and oxygen atoms in total. The molecule has 2 fully saturated rings. The molecule has 7 heteroatoms. The highest BCUT2D eigenvalue weighted by molar-refractivity contribution is 6.29. The lowest BCUT2D eigenvalue weighted by Gasteiger charge is -2.40. The topological polar surface area (TPSA) is 83.6 Å². The Balaban J connectivity index is 1.60. The Labute approximate surface area is 139 Å². The fourth-order valence-electron chi connectivity index (χ4n) is 3.44. The average molecular weight is 341 g/mol. The number of hydrogen-bond acceptors (Lipinski definition) is 4. The molecule has 1 unspecified atom stereocenters. The van der Waals surface area contributed by atoms with E-state index in [4.69, 9.17) is 16.1 Å². The van der Waals surface area contributed by atoms with Gasteiger partial charge in [-0.05, 0) is 25.2 Å². The third-order valence-corrected chi connectivity index (χ3v) is 5.05. The third-order valence-electron chi connectivity index (χ3n) is 4.88. The lowest BCUT2D eigenvalue weighted by atomic mass is 9.75. The van der Waals surface area contributed by atoms with Gasteiger partial charge < -0.3 is 14.5 Å². The molecule has 1 N–H and O–H groups in total. The highest BCUT2D eigenvalue weighted by Crippen LogP contribution is 2.45. The van der Waals surface area contributed by atoms with Crippen LogP contribution in [0.1, 0.15) is 44.3 Å². The van der Waals surface area contributed by atoms with Crippen molar-refractivity contribution < 1.29 is 19.2 Å². The fraction of sp³-hybridized carbons (Fsp3) is 0.688.